The molecule has 2 aromatic rings. The maximum Gasteiger partial charge on any atom is 0.163 e. The first-order chi connectivity index (χ1) is 12.8. The second-order valence-electron chi connectivity index (χ2n) is 7.74. The van der Waals surface area contributed by atoms with Crippen molar-refractivity contribution in [3.63, 3.8) is 0 Å². The first-order valence-electron chi connectivity index (χ1n) is 9.17. The van der Waals surface area contributed by atoms with Gasteiger partial charge in [0.05, 0.1) is 12.1 Å². The molecule has 2 aliphatic rings. The molecular formula is C21H25NO5. The zero-order valence-electron chi connectivity index (χ0n) is 15.4. The highest BCUT2D eigenvalue weighted by Gasteiger charge is 2.54. The van der Waals surface area contributed by atoms with Crippen molar-refractivity contribution in [3.8, 4) is 11.5 Å². The molecule has 2 aromatic carbocycles. The predicted octanol–water partition coefficient (Wildman–Crippen LogP) is 2.54. The molecule has 3 N–H and O–H groups in total. The molecule has 2 heterocycles. The monoisotopic (exact) mass is 371 g/mol. The minimum atomic E-state index is -0.816. The normalized spacial score (nSPS) is 30.2. The molecule has 0 bridgehead atoms. The molecular weight excluding hydrogens is 346 g/mol. The molecule has 0 aromatic heterocycles. The van der Waals surface area contributed by atoms with Gasteiger partial charge < -0.3 is 24.8 Å². The van der Waals surface area contributed by atoms with Crippen LogP contribution in [0, 0.1) is 0 Å². The van der Waals surface area contributed by atoms with Crippen molar-refractivity contribution in [2.75, 3.05) is 6.54 Å². The van der Waals surface area contributed by atoms with E-state index in [9.17, 15) is 15.3 Å². The van der Waals surface area contributed by atoms with E-state index < -0.39 is 24.1 Å². The topological polar surface area (TPSA) is 82.4 Å². The van der Waals surface area contributed by atoms with Gasteiger partial charge in [0.15, 0.2) is 5.79 Å². The van der Waals surface area contributed by atoms with E-state index in [1.165, 1.54) is 6.07 Å². The van der Waals surface area contributed by atoms with Crippen LogP contribution >= 0.6 is 0 Å². The summed E-state index contributed by atoms with van der Waals surface area (Å²) in [4.78, 5) is 2.10. The van der Waals surface area contributed by atoms with Crippen LogP contribution in [0.2, 0.25) is 0 Å². The van der Waals surface area contributed by atoms with E-state index in [4.69, 9.17) is 9.47 Å². The number of phenolic OH excluding ortho intramolecular Hbond substituents is 2. The minimum Gasteiger partial charge on any atom is -0.508 e. The van der Waals surface area contributed by atoms with Gasteiger partial charge in [-0.2, -0.15) is 0 Å². The first-order valence-corrected chi connectivity index (χ1v) is 9.17. The van der Waals surface area contributed by atoms with E-state index in [-0.39, 0.29) is 17.5 Å². The number of rotatable bonds is 3. The lowest BCUT2D eigenvalue weighted by Crippen LogP contribution is -2.55. The molecule has 4 atom stereocenters. The largest absolute Gasteiger partial charge is 0.508 e. The van der Waals surface area contributed by atoms with Crippen LogP contribution < -0.4 is 0 Å². The molecule has 144 valence electrons. The molecule has 2 saturated heterocycles. The zero-order chi connectivity index (χ0) is 19.2. The summed E-state index contributed by atoms with van der Waals surface area (Å²) < 4.78 is 12.1. The van der Waals surface area contributed by atoms with Crippen LogP contribution in [0.1, 0.15) is 31.0 Å². The van der Waals surface area contributed by atoms with Gasteiger partial charge in [-0.15, -0.1) is 0 Å². The number of β-amino-alcohol motifs (C(OH)–C–C–N with tert-alkyl or cyclic N) is 1. The SMILES string of the molecule is CC1(C)O[C@@H]2[C@H](O1)[C@@H](c1ccc(O)cc1O)N(Cc1ccccc1)C[C@H]2O. The summed E-state index contributed by atoms with van der Waals surface area (Å²) in [5, 5.41) is 30.9. The lowest BCUT2D eigenvalue weighted by molar-refractivity contribution is -0.153. The summed E-state index contributed by atoms with van der Waals surface area (Å²) >= 11 is 0. The maximum atomic E-state index is 10.7. The average Bonchev–Trinajstić information content (AvgIpc) is 2.93. The second-order valence-corrected chi connectivity index (χ2v) is 7.74. The number of ether oxygens (including phenoxy) is 2. The summed E-state index contributed by atoms with van der Waals surface area (Å²) in [6, 6.07) is 14.2. The van der Waals surface area contributed by atoms with Gasteiger partial charge in [-0.05, 0) is 31.5 Å². The molecule has 0 spiro atoms. The summed E-state index contributed by atoms with van der Waals surface area (Å²) in [6.07, 6.45) is -1.62. The number of benzene rings is 2. The van der Waals surface area contributed by atoms with Gasteiger partial charge in [0.25, 0.3) is 0 Å². The number of aliphatic hydroxyl groups is 1. The number of aromatic hydroxyl groups is 2. The van der Waals surface area contributed by atoms with Crippen LogP contribution in [0.4, 0.5) is 0 Å². The van der Waals surface area contributed by atoms with Crippen LogP contribution in [0.25, 0.3) is 0 Å². The van der Waals surface area contributed by atoms with Crippen molar-refractivity contribution >= 4 is 0 Å². The van der Waals surface area contributed by atoms with E-state index in [0.717, 1.165) is 5.56 Å². The number of piperidine rings is 1. The van der Waals surface area contributed by atoms with Gasteiger partial charge in [-0.25, -0.2) is 0 Å². The van der Waals surface area contributed by atoms with Crippen molar-refractivity contribution in [2.24, 2.45) is 0 Å². The van der Waals surface area contributed by atoms with E-state index in [0.29, 0.717) is 18.7 Å². The summed E-state index contributed by atoms with van der Waals surface area (Å²) in [5.41, 5.74) is 1.75. The third-order valence-corrected chi connectivity index (χ3v) is 5.23. The highest BCUT2D eigenvalue weighted by Crippen LogP contribution is 2.45. The molecule has 0 unspecified atom stereocenters. The molecule has 0 radical (unpaired) electrons. The Morgan fingerprint density at radius 1 is 1.04 bits per heavy atom. The Hall–Kier alpha value is -2.12. The minimum absolute atomic E-state index is 0.00140. The number of hydrogen-bond acceptors (Lipinski definition) is 6. The quantitative estimate of drug-likeness (QED) is 0.769. The molecule has 27 heavy (non-hydrogen) atoms. The fraction of sp³-hybridized carbons (Fsp3) is 0.429. The summed E-state index contributed by atoms with van der Waals surface area (Å²) in [6.45, 7) is 4.64. The van der Waals surface area contributed by atoms with Gasteiger partial charge >= 0.3 is 0 Å². The van der Waals surface area contributed by atoms with Crippen molar-refractivity contribution < 1.29 is 24.8 Å². The molecule has 6 nitrogen and oxygen atoms in total. The van der Waals surface area contributed by atoms with E-state index in [1.54, 1.807) is 12.1 Å². The highest BCUT2D eigenvalue weighted by atomic mass is 16.8. The number of fused-ring (bicyclic) bond motifs is 1. The Morgan fingerprint density at radius 2 is 1.74 bits per heavy atom. The number of phenols is 2. The molecule has 6 heteroatoms. The average molecular weight is 371 g/mol. The molecule has 2 fully saturated rings. The number of hydrogen-bond donors (Lipinski definition) is 3. The Balaban J connectivity index is 1.74. The standard InChI is InChI=1S/C21H25NO5/c1-21(2)26-19-17(25)12-22(11-13-6-4-3-5-7-13)18(20(19)27-21)15-9-8-14(23)10-16(15)24/h3-10,17-20,23-25H,11-12H2,1-2H3/t17-,18-,19+,20-/m1/s1. The molecule has 4 rings (SSSR count). The Kier molecular flexibility index (Phi) is 4.60. The summed E-state index contributed by atoms with van der Waals surface area (Å²) in [7, 11) is 0. The van der Waals surface area contributed by atoms with Gasteiger partial charge in [0.1, 0.15) is 23.7 Å². The Bertz CT molecular complexity index is 809. The predicted molar refractivity (Wildman–Crippen MR) is 99.2 cm³/mol. The maximum absolute atomic E-state index is 10.7. The lowest BCUT2D eigenvalue weighted by Gasteiger charge is -2.43. The molecule has 2 aliphatic heterocycles. The third-order valence-electron chi connectivity index (χ3n) is 5.23. The van der Waals surface area contributed by atoms with Crippen LogP contribution in [-0.4, -0.2) is 50.9 Å². The second kappa shape index (κ2) is 6.80. The fourth-order valence-electron chi connectivity index (χ4n) is 4.16. The Labute approximate surface area is 158 Å². The fourth-order valence-corrected chi connectivity index (χ4v) is 4.16. The smallest absolute Gasteiger partial charge is 0.163 e. The van der Waals surface area contributed by atoms with Crippen LogP contribution in [0.3, 0.4) is 0 Å². The van der Waals surface area contributed by atoms with Gasteiger partial charge in [0, 0.05) is 24.7 Å². The van der Waals surface area contributed by atoms with Crippen molar-refractivity contribution in [1.29, 1.82) is 0 Å². The van der Waals surface area contributed by atoms with Crippen molar-refractivity contribution in [1.82, 2.24) is 4.90 Å². The molecule has 0 amide bonds. The molecule has 0 aliphatic carbocycles. The molecule has 0 saturated carbocycles. The first kappa shape index (κ1) is 18.3. The Morgan fingerprint density at radius 3 is 2.44 bits per heavy atom. The van der Waals surface area contributed by atoms with Crippen LogP contribution in [0.5, 0.6) is 11.5 Å². The van der Waals surface area contributed by atoms with E-state index >= 15 is 0 Å². The highest BCUT2D eigenvalue weighted by molar-refractivity contribution is 5.42. The third kappa shape index (κ3) is 3.53. The lowest BCUT2D eigenvalue weighted by atomic mass is 9.88. The van der Waals surface area contributed by atoms with Crippen LogP contribution in [0.15, 0.2) is 48.5 Å². The summed E-state index contributed by atoms with van der Waals surface area (Å²) in [5.74, 6) is -0.812. The van der Waals surface area contributed by atoms with Crippen molar-refractivity contribution in [3.05, 3.63) is 59.7 Å². The number of likely N-dealkylation sites (tertiary alicyclic amines) is 1. The van der Waals surface area contributed by atoms with E-state index in [2.05, 4.69) is 4.90 Å². The number of aliphatic hydroxyl groups excluding tert-OH is 1. The zero-order valence-corrected chi connectivity index (χ0v) is 15.4. The van der Waals surface area contributed by atoms with Gasteiger partial charge in [0.2, 0.25) is 0 Å². The van der Waals surface area contributed by atoms with Crippen molar-refractivity contribution in [2.45, 2.75) is 50.5 Å². The van der Waals surface area contributed by atoms with Crippen LogP contribution in [-0.2, 0) is 16.0 Å². The van der Waals surface area contributed by atoms with Gasteiger partial charge in [-0.1, -0.05) is 30.3 Å². The van der Waals surface area contributed by atoms with Gasteiger partial charge in [-0.3, -0.25) is 4.90 Å². The van der Waals surface area contributed by atoms with E-state index in [1.807, 2.05) is 44.2 Å². The number of nitrogens with zero attached hydrogens (tertiary/aromatic N) is 1.